The van der Waals surface area contributed by atoms with E-state index in [1.807, 2.05) is 11.3 Å². The van der Waals surface area contributed by atoms with Gasteiger partial charge in [0.15, 0.2) is 0 Å². The smallest absolute Gasteiger partial charge is 0.304 e. The van der Waals surface area contributed by atoms with Gasteiger partial charge in [0.1, 0.15) is 0 Å². The molecule has 1 aliphatic rings. The fourth-order valence-electron chi connectivity index (χ4n) is 2.49. The van der Waals surface area contributed by atoms with Crippen LogP contribution in [0.25, 0.3) is 0 Å². The van der Waals surface area contributed by atoms with Crippen LogP contribution in [0, 0.1) is 6.92 Å². The van der Waals surface area contributed by atoms with E-state index in [4.69, 9.17) is 5.11 Å². The number of aliphatic carboxylic acids is 1. The summed E-state index contributed by atoms with van der Waals surface area (Å²) in [6.45, 7) is 9.08. The molecule has 1 atom stereocenters. The predicted molar refractivity (Wildman–Crippen MR) is 77.7 cm³/mol. The van der Waals surface area contributed by atoms with Crippen LogP contribution in [0.15, 0.2) is 12.1 Å². The zero-order valence-corrected chi connectivity index (χ0v) is 12.4. The van der Waals surface area contributed by atoms with Gasteiger partial charge in [-0.1, -0.05) is 0 Å². The molecule has 1 aliphatic heterocycles. The van der Waals surface area contributed by atoms with Crippen LogP contribution in [0.3, 0.4) is 0 Å². The number of carboxylic acid groups (broad SMARTS) is 1. The molecular formula is C14H22N2O2S. The second-order valence-electron chi connectivity index (χ2n) is 5.15. The van der Waals surface area contributed by atoms with E-state index in [-0.39, 0.29) is 6.42 Å². The molecule has 4 nitrogen and oxygen atoms in total. The normalized spacial score (nSPS) is 19.5. The Hall–Kier alpha value is -0.910. The van der Waals surface area contributed by atoms with Gasteiger partial charge in [0.2, 0.25) is 0 Å². The SMILES string of the molecule is Cc1ccc(C(C)N2CCN(CCC(=O)O)CC2)s1. The van der Waals surface area contributed by atoms with Gasteiger partial charge in [-0.15, -0.1) is 11.3 Å². The van der Waals surface area contributed by atoms with Gasteiger partial charge in [-0.05, 0) is 26.0 Å². The fraction of sp³-hybridized carbons (Fsp3) is 0.643. The molecule has 2 heterocycles. The highest BCUT2D eigenvalue weighted by Gasteiger charge is 2.22. The monoisotopic (exact) mass is 282 g/mol. The number of rotatable bonds is 5. The zero-order valence-electron chi connectivity index (χ0n) is 11.6. The molecule has 0 radical (unpaired) electrons. The molecule has 1 fully saturated rings. The summed E-state index contributed by atoms with van der Waals surface area (Å²) >= 11 is 1.87. The van der Waals surface area contributed by atoms with Crippen molar-refractivity contribution in [3.8, 4) is 0 Å². The minimum absolute atomic E-state index is 0.250. The summed E-state index contributed by atoms with van der Waals surface area (Å²) in [6.07, 6.45) is 0.250. The number of piperazine rings is 1. The Bertz CT molecular complexity index is 425. The highest BCUT2D eigenvalue weighted by molar-refractivity contribution is 7.12. The van der Waals surface area contributed by atoms with Crippen LogP contribution in [0.5, 0.6) is 0 Å². The van der Waals surface area contributed by atoms with E-state index in [1.165, 1.54) is 9.75 Å². The van der Waals surface area contributed by atoms with Crippen molar-refractivity contribution >= 4 is 17.3 Å². The molecular weight excluding hydrogens is 260 g/mol. The molecule has 5 heteroatoms. The quantitative estimate of drug-likeness (QED) is 0.899. The third-order valence-electron chi connectivity index (χ3n) is 3.77. The Kier molecular flexibility index (Phi) is 4.96. The molecule has 0 bridgehead atoms. The van der Waals surface area contributed by atoms with Crippen molar-refractivity contribution in [1.82, 2.24) is 9.80 Å². The number of aryl methyl sites for hydroxylation is 1. The zero-order chi connectivity index (χ0) is 13.8. The molecule has 106 valence electrons. The summed E-state index contributed by atoms with van der Waals surface area (Å²) in [5.74, 6) is -0.704. The molecule has 0 spiro atoms. The Morgan fingerprint density at radius 2 is 2.05 bits per heavy atom. The molecule has 0 aliphatic carbocycles. The topological polar surface area (TPSA) is 43.8 Å². The Morgan fingerprint density at radius 1 is 1.37 bits per heavy atom. The molecule has 0 saturated carbocycles. The number of hydrogen-bond donors (Lipinski definition) is 1. The minimum Gasteiger partial charge on any atom is -0.481 e. The maximum atomic E-state index is 10.6. The molecule has 1 N–H and O–H groups in total. The first-order chi connectivity index (χ1) is 9.06. The van der Waals surface area contributed by atoms with Crippen molar-refractivity contribution in [2.24, 2.45) is 0 Å². The lowest BCUT2D eigenvalue weighted by atomic mass is 10.2. The molecule has 1 unspecified atom stereocenters. The number of hydrogen-bond acceptors (Lipinski definition) is 4. The number of carboxylic acids is 1. The van der Waals surface area contributed by atoms with Crippen LogP contribution in [-0.4, -0.2) is 53.6 Å². The van der Waals surface area contributed by atoms with Gasteiger partial charge in [-0.25, -0.2) is 0 Å². The van der Waals surface area contributed by atoms with Crippen LogP contribution < -0.4 is 0 Å². The average Bonchev–Trinajstić information content (AvgIpc) is 2.83. The summed E-state index contributed by atoms with van der Waals surface area (Å²) in [7, 11) is 0. The van der Waals surface area contributed by atoms with Gasteiger partial charge in [0.25, 0.3) is 0 Å². The lowest BCUT2D eigenvalue weighted by Gasteiger charge is -2.37. The molecule has 1 aromatic heterocycles. The predicted octanol–water partition coefficient (Wildman–Crippen LogP) is 2.21. The van der Waals surface area contributed by atoms with Gasteiger partial charge >= 0.3 is 5.97 Å². The van der Waals surface area contributed by atoms with Crippen LogP contribution >= 0.6 is 11.3 Å². The lowest BCUT2D eigenvalue weighted by molar-refractivity contribution is -0.137. The Morgan fingerprint density at radius 3 is 2.58 bits per heavy atom. The van der Waals surface area contributed by atoms with E-state index in [9.17, 15) is 4.79 Å². The molecule has 2 rings (SSSR count). The summed E-state index contributed by atoms with van der Waals surface area (Å²) in [5, 5.41) is 8.70. The minimum atomic E-state index is -0.704. The second-order valence-corrected chi connectivity index (χ2v) is 6.47. The second kappa shape index (κ2) is 6.50. The molecule has 0 amide bonds. The van der Waals surface area contributed by atoms with Crippen LogP contribution in [-0.2, 0) is 4.79 Å². The van der Waals surface area contributed by atoms with E-state index >= 15 is 0 Å². The maximum absolute atomic E-state index is 10.6. The number of nitrogens with zero attached hydrogens (tertiary/aromatic N) is 2. The average molecular weight is 282 g/mol. The Balaban J connectivity index is 1.81. The third kappa shape index (κ3) is 4.03. The van der Waals surface area contributed by atoms with Crippen LogP contribution in [0.1, 0.15) is 29.1 Å². The van der Waals surface area contributed by atoms with Crippen LogP contribution in [0.4, 0.5) is 0 Å². The van der Waals surface area contributed by atoms with E-state index in [0.29, 0.717) is 12.6 Å². The van der Waals surface area contributed by atoms with Gasteiger partial charge < -0.3 is 10.0 Å². The fourth-order valence-corrected chi connectivity index (χ4v) is 3.45. The first-order valence-electron chi connectivity index (χ1n) is 6.81. The largest absolute Gasteiger partial charge is 0.481 e. The highest BCUT2D eigenvalue weighted by Crippen LogP contribution is 2.27. The summed E-state index contributed by atoms with van der Waals surface area (Å²) in [4.78, 5) is 18.1. The van der Waals surface area contributed by atoms with Crippen molar-refractivity contribution in [2.75, 3.05) is 32.7 Å². The molecule has 1 saturated heterocycles. The first kappa shape index (κ1) is 14.5. The molecule has 0 aromatic carbocycles. The van der Waals surface area contributed by atoms with Gasteiger partial charge in [0.05, 0.1) is 6.42 Å². The van der Waals surface area contributed by atoms with Crippen molar-refractivity contribution in [1.29, 1.82) is 0 Å². The molecule has 19 heavy (non-hydrogen) atoms. The van der Waals surface area contributed by atoms with Gasteiger partial charge in [0, 0.05) is 48.5 Å². The van der Waals surface area contributed by atoms with E-state index in [0.717, 1.165) is 26.2 Å². The number of carbonyl (C=O) groups is 1. The van der Waals surface area contributed by atoms with Crippen molar-refractivity contribution in [2.45, 2.75) is 26.3 Å². The first-order valence-corrected chi connectivity index (χ1v) is 7.62. The summed E-state index contributed by atoms with van der Waals surface area (Å²) in [6, 6.07) is 4.88. The standard InChI is InChI=1S/C14H22N2O2S/c1-11-3-4-13(19-11)12(2)16-9-7-15(8-10-16)6-5-14(17)18/h3-4,12H,5-10H2,1-2H3,(H,17,18). The summed E-state index contributed by atoms with van der Waals surface area (Å²) < 4.78 is 0. The van der Waals surface area contributed by atoms with Crippen molar-refractivity contribution in [3.05, 3.63) is 21.9 Å². The Labute approximate surface area is 118 Å². The van der Waals surface area contributed by atoms with E-state index in [2.05, 4.69) is 35.8 Å². The van der Waals surface area contributed by atoms with E-state index in [1.54, 1.807) is 0 Å². The lowest BCUT2D eigenvalue weighted by Crippen LogP contribution is -2.47. The maximum Gasteiger partial charge on any atom is 0.304 e. The van der Waals surface area contributed by atoms with Gasteiger partial charge in [-0.2, -0.15) is 0 Å². The van der Waals surface area contributed by atoms with Crippen LogP contribution in [0.2, 0.25) is 0 Å². The van der Waals surface area contributed by atoms with E-state index < -0.39 is 5.97 Å². The highest BCUT2D eigenvalue weighted by atomic mass is 32.1. The number of thiophene rings is 1. The van der Waals surface area contributed by atoms with Gasteiger partial charge in [-0.3, -0.25) is 9.69 Å². The van der Waals surface area contributed by atoms with Crippen molar-refractivity contribution < 1.29 is 9.90 Å². The summed E-state index contributed by atoms with van der Waals surface area (Å²) in [5.41, 5.74) is 0. The third-order valence-corrected chi connectivity index (χ3v) is 4.94. The van der Waals surface area contributed by atoms with Crippen molar-refractivity contribution in [3.63, 3.8) is 0 Å². The molecule has 1 aromatic rings.